The van der Waals surface area contributed by atoms with Gasteiger partial charge in [-0.1, -0.05) is 60.2 Å². The average molecular weight is 515 g/mol. The number of hydrogen-bond acceptors (Lipinski definition) is 7. The molecule has 0 aliphatic carbocycles. The van der Waals surface area contributed by atoms with Gasteiger partial charge in [-0.15, -0.1) is 0 Å². The summed E-state index contributed by atoms with van der Waals surface area (Å²) in [6.45, 7) is 3.06. The molecule has 2 heterocycles. The average Bonchev–Trinajstić information content (AvgIpc) is 3.42. The molecule has 2 aliphatic rings. The van der Waals surface area contributed by atoms with Crippen LogP contribution in [0.5, 0.6) is 5.75 Å². The van der Waals surface area contributed by atoms with E-state index in [1.807, 2.05) is 49.4 Å². The van der Waals surface area contributed by atoms with E-state index in [-0.39, 0.29) is 5.96 Å². The van der Waals surface area contributed by atoms with Gasteiger partial charge in [0.1, 0.15) is 11.6 Å². The maximum atomic E-state index is 12.8. The monoisotopic (exact) mass is 514 g/mol. The SMILES string of the molecule is Cc1cccc(-c2cccc(C3(c4ccc(OS(=O)(=O)C(F)(F)F)cc4)N=C(N)N4CCN=C43)c2)c1. The molecule has 1 unspecified atom stereocenters. The highest BCUT2D eigenvalue weighted by molar-refractivity contribution is 7.88. The second-order valence-corrected chi connectivity index (χ2v) is 10.0. The molecule has 2 aliphatic heterocycles. The summed E-state index contributed by atoms with van der Waals surface area (Å²) in [7, 11) is -5.79. The zero-order valence-corrected chi connectivity index (χ0v) is 19.8. The quantitative estimate of drug-likeness (QED) is 0.407. The highest BCUT2D eigenvalue weighted by atomic mass is 32.2. The fraction of sp³-hybridized carbons (Fsp3) is 0.200. The highest BCUT2D eigenvalue weighted by Crippen LogP contribution is 2.43. The van der Waals surface area contributed by atoms with Crippen LogP contribution in [0.2, 0.25) is 0 Å². The van der Waals surface area contributed by atoms with Crippen LogP contribution in [0.3, 0.4) is 0 Å². The van der Waals surface area contributed by atoms with Crippen LogP contribution >= 0.6 is 0 Å². The van der Waals surface area contributed by atoms with Crippen molar-refractivity contribution in [3.63, 3.8) is 0 Å². The van der Waals surface area contributed by atoms with E-state index in [9.17, 15) is 21.6 Å². The van der Waals surface area contributed by atoms with Gasteiger partial charge in [0.05, 0.1) is 6.54 Å². The third-order valence-electron chi connectivity index (χ3n) is 6.12. The van der Waals surface area contributed by atoms with Gasteiger partial charge in [-0.05, 0) is 47.4 Å². The number of nitrogens with zero attached hydrogens (tertiary/aromatic N) is 3. The summed E-state index contributed by atoms with van der Waals surface area (Å²) in [5, 5.41) is 0. The lowest BCUT2D eigenvalue weighted by Gasteiger charge is -2.29. The summed E-state index contributed by atoms with van der Waals surface area (Å²) in [6.07, 6.45) is 0. The van der Waals surface area contributed by atoms with Crippen LogP contribution in [0.1, 0.15) is 16.7 Å². The van der Waals surface area contributed by atoms with Crippen LogP contribution in [0, 0.1) is 6.92 Å². The first-order valence-corrected chi connectivity index (χ1v) is 12.4. The molecule has 3 aromatic rings. The molecule has 0 radical (unpaired) electrons. The molecule has 0 amide bonds. The lowest BCUT2D eigenvalue weighted by atomic mass is 9.81. The maximum Gasteiger partial charge on any atom is 0.534 e. The maximum absolute atomic E-state index is 12.8. The summed E-state index contributed by atoms with van der Waals surface area (Å²) in [4.78, 5) is 11.3. The number of rotatable bonds is 5. The number of nitrogens with two attached hydrogens (primary N) is 1. The molecule has 3 aromatic carbocycles. The van der Waals surface area contributed by atoms with Crippen LogP contribution in [0.15, 0.2) is 82.8 Å². The Morgan fingerprint density at radius 1 is 0.972 bits per heavy atom. The zero-order chi connectivity index (χ0) is 25.7. The predicted octanol–water partition coefficient (Wildman–Crippen LogP) is 4.18. The van der Waals surface area contributed by atoms with Gasteiger partial charge in [-0.2, -0.15) is 21.6 Å². The van der Waals surface area contributed by atoms with Crippen molar-refractivity contribution in [3.05, 3.63) is 89.5 Å². The minimum absolute atomic E-state index is 0.271. The Morgan fingerprint density at radius 3 is 2.31 bits per heavy atom. The number of halogens is 3. The lowest BCUT2D eigenvalue weighted by Crippen LogP contribution is -2.41. The highest BCUT2D eigenvalue weighted by Gasteiger charge is 2.51. The van der Waals surface area contributed by atoms with E-state index in [0.29, 0.717) is 24.5 Å². The Hall–Kier alpha value is -3.86. The molecule has 0 saturated heterocycles. The minimum Gasteiger partial charge on any atom is -0.376 e. The summed E-state index contributed by atoms with van der Waals surface area (Å²) in [6, 6.07) is 21.0. The van der Waals surface area contributed by atoms with E-state index in [1.165, 1.54) is 12.1 Å². The standard InChI is InChI=1S/C25H21F3N4O3S/c1-16-4-2-5-17(14-16)18-6-3-7-20(15-18)24(22-30-12-13-32(22)23(29)31-24)19-8-10-21(11-9-19)35-36(33,34)25(26,27)28/h2-11,14-15H,12-13H2,1H3,(H2,29,31). The molecule has 7 nitrogen and oxygen atoms in total. The fourth-order valence-electron chi connectivity index (χ4n) is 4.49. The molecule has 11 heteroatoms. The summed E-state index contributed by atoms with van der Waals surface area (Å²) in [5.74, 6) is 0.394. The van der Waals surface area contributed by atoms with Gasteiger partial charge < -0.3 is 9.92 Å². The van der Waals surface area contributed by atoms with Crippen molar-refractivity contribution >= 4 is 21.9 Å². The van der Waals surface area contributed by atoms with E-state index in [2.05, 4.69) is 15.2 Å². The van der Waals surface area contributed by atoms with Crippen molar-refractivity contribution in [2.24, 2.45) is 15.7 Å². The number of hydrogen-bond donors (Lipinski definition) is 1. The van der Waals surface area contributed by atoms with E-state index in [0.717, 1.165) is 34.4 Å². The molecule has 186 valence electrons. The first-order valence-electron chi connectivity index (χ1n) is 11.0. The van der Waals surface area contributed by atoms with Gasteiger partial charge in [0.25, 0.3) is 0 Å². The van der Waals surface area contributed by atoms with Crippen LogP contribution in [0.4, 0.5) is 13.2 Å². The number of fused-ring (bicyclic) bond motifs is 1. The first kappa shape index (κ1) is 23.9. The van der Waals surface area contributed by atoms with Gasteiger partial charge in [0.15, 0.2) is 11.5 Å². The molecule has 0 saturated carbocycles. The van der Waals surface area contributed by atoms with Gasteiger partial charge in [0, 0.05) is 6.54 Å². The Morgan fingerprint density at radius 2 is 1.64 bits per heavy atom. The smallest absolute Gasteiger partial charge is 0.376 e. The van der Waals surface area contributed by atoms with Crippen molar-refractivity contribution in [3.8, 4) is 16.9 Å². The Kier molecular flexibility index (Phi) is 5.55. The summed E-state index contributed by atoms with van der Waals surface area (Å²) in [5.41, 5.74) is 3.92. The molecule has 36 heavy (non-hydrogen) atoms. The van der Waals surface area contributed by atoms with Crippen LogP contribution in [-0.2, 0) is 15.7 Å². The fourth-order valence-corrected chi connectivity index (χ4v) is 4.95. The number of aryl methyl sites for hydroxylation is 1. The van der Waals surface area contributed by atoms with E-state index in [1.54, 1.807) is 4.90 Å². The van der Waals surface area contributed by atoms with E-state index in [4.69, 9.17) is 10.7 Å². The number of amidine groups is 1. The molecule has 0 spiro atoms. The first-order chi connectivity index (χ1) is 17.0. The predicted molar refractivity (Wildman–Crippen MR) is 130 cm³/mol. The van der Waals surface area contributed by atoms with Crippen LogP contribution in [0.25, 0.3) is 11.1 Å². The molecule has 0 fully saturated rings. The molecular weight excluding hydrogens is 493 g/mol. The van der Waals surface area contributed by atoms with E-state index >= 15 is 0 Å². The third-order valence-corrected chi connectivity index (χ3v) is 7.10. The number of alkyl halides is 3. The van der Waals surface area contributed by atoms with Crippen molar-refractivity contribution in [2.75, 3.05) is 13.1 Å². The Labute approximate surface area is 205 Å². The molecular formula is C25H21F3N4O3S. The van der Waals surface area contributed by atoms with Gasteiger partial charge >= 0.3 is 15.6 Å². The summed E-state index contributed by atoms with van der Waals surface area (Å²) >= 11 is 0. The van der Waals surface area contributed by atoms with Gasteiger partial charge in [-0.3, -0.25) is 9.89 Å². The molecule has 0 aromatic heterocycles. The van der Waals surface area contributed by atoms with Gasteiger partial charge in [-0.25, -0.2) is 4.99 Å². The summed E-state index contributed by atoms with van der Waals surface area (Å²) < 4.78 is 65.4. The van der Waals surface area contributed by atoms with Crippen molar-refractivity contribution < 1.29 is 25.8 Å². The molecule has 5 rings (SSSR count). The largest absolute Gasteiger partial charge is 0.534 e. The minimum atomic E-state index is -5.79. The number of aliphatic imine (C=N–C) groups is 2. The normalized spacial score (nSPS) is 19.6. The topological polar surface area (TPSA) is 97.3 Å². The molecule has 1 atom stereocenters. The number of guanidine groups is 1. The molecule has 2 N–H and O–H groups in total. The second-order valence-electron chi connectivity index (χ2n) is 8.50. The van der Waals surface area contributed by atoms with Crippen LogP contribution < -0.4 is 9.92 Å². The van der Waals surface area contributed by atoms with Crippen molar-refractivity contribution in [1.29, 1.82) is 0 Å². The Balaban J connectivity index is 1.62. The zero-order valence-electron chi connectivity index (χ0n) is 19.0. The Bertz CT molecular complexity index is 1500. The second kappa shape index (κ2) is 8.37. The van der Waals surface area contributed by atoms with Crippen molar-refractivity contribution in [2.45, 2.75) is 18.0 Å². The van der Waals surface area contributed by atoms with E-state index < -0.39 is 26.9 Å². The van der Waals surface area contributed by atoms with Gasteiger partial charge in [0.2, 0.25) is 0 Å². The van der Waals surface area contributed by atoms with Crippen LogP contribution in [-0.4, -0.2) is 43.7 Å². The van der Waals surface area contributed by atoms with Crippen molar-refractivity contribution in [1.82, 2.24) is 4.90 Å². The lowest BCUT2D eigenvalue weighted by molar-refractivity contribution is -0.0500. The third kappa shape index (κ3) is 3.89. The molecule has 0 bridgehead atoms. The number of benzene rings is 3.